The Hall–Kier alpha value is -15.5. The Morgan fingerprint density at radius 2 is 0.567 bits per heavy atom. The van der Waals surface area contributed by atoms with Crippen molar-refractivity contribution in [3.05, 3.63) is 469 Å². The lowest BCUT2D eigenvalue weighted by atomic mass is 9.67. The van der Waals surface area contributed by atoms with Crippen LogP contribution >= 0.6 is 11.3 Å². The van der Waals surface area contributed by atoms with Crippen LogP contribution < -0.4 is 0 Å². The van der Waals surface area contributed by atoms with Gasteiger partial charge in [-0.05, 0) is 165 Å². The van der Waals surface area contributed by atoms with Crippen molar-refractivity contribution in [3.8, 4) is 113 Å². The molecule has 4 aromatic heterocycles. The van der Waals surface area contributed by atoms with Gasteiger partial charge in [-0.2, -0.15) is 0 Å². The van der Waals surface area contributed by atoms with Gasteiger partial charge in [-0.3, -0.25) is 0 Å². The molecule has 0 saturated carbocycles. The van der Waals surface area contributed by atoms with E-state index in [2.05, 4.69) is 334 Å². The topological polar surface area (TPSA) is 90.5 Å². The summed E-state index contributed by atoms with van der Waals surface area (Å²) in [5.74, 6) is 3.85. The van der Waals surface area contributed by atoms with Crippen molar-refractivity contribution < 1.29 is 4.42 Å². The van der Waals surface area contributed by atoms with Crippen molar-refractivity contribution in [1.82, 2.24) is 29.9 Å². The van der Waals surface area contributed by atoms with Gasteiger partial charge in [-0.25, -0.2) is 29.9 Å². The van der Waals surface area contributed by atoms with Gasteiger partial charge in [0.2, 0.25) is 0 Å². The number of thiophene rings is 1. The predicted molar refractivity (Wildman–Crippen MR) is 493 cm³/mol. The van der Waals surface area contributed by atoms with Gasteiger partial charge < -0.3 is 4.42 Å². The quantitative estimate of drug-likeness (QED) is 0.120. The Labute approximate surface area is 697 Å². The Bertz CT molecular complexity index is 7650. The summed E-state index contributed by atoms with van der Waals surface area (Å²) in [5.41, 5.74) is 26.3. The molecule has 4 heterocycles. The average Bonchev–Trinajstić information content (AvgIpc) is 1.54. The van der Waals surface area contributed by atoms with E-state index in [0.717, 1.165) is 82.6 Å². The number of rotatable bonds is 12. The van der Waals surface area contributed by atoms with Crippen molar-refractivity contribution in [2.45, 2.75) is 10.8 Å². The summed E-state index contributed by atoms with van der Waals surface area (Å²) in [6, 6.07) is 152. The van der Waals surface area contributed by atoms with E-state index >= 15 is 0 Å². The van der Waals surface area contributed by atoms with Crippen LogP contribution in [0.15, 0.2) is 429 Å². The van der Waals surface area contributed by atoms with Crippen molar-refractivity contribution in [2.24, 2.45) is 0 Å². The fourth-order valence-corrected chi connectivity index (χ4v) is 20.1. The first-order valence-electron chi connectivity index (χ1n) is 40.7. The molecule has 22 aromatic rings. The minimum absolute atomic E-state index is 0.457. The van der Waals surface area contributed by atoms with Crippen LogP contribution in [0.2, 0.25) is 0 Å². The zero-order valence-corrected chi connectivity index (χ0v) is 65.7. The van der Waals surface area contributed by atoms with E-state index in [9.17, 15) is 0 Å². The van der Waals surface area contributed by atoms with Gasteiger partial charge in [-0.15, -0.1) is 11.3 Å². The fraction of sp³-hybridized carbons (Fsp3) is 0.0179. The molecule has 0 atom stereocenters. The van der Waals surface area contributed by atoms with Crippen molar-refractivity contribution in [1.29, 1.82) is 0 Å². The molecule has 120 heavy (non-hydrogen) atoms. The standard InChI is InChI=1S/C56H35N3O.C56H35N3S/c1-3-15-37(16-4-1)53-57-54(59-55(58-53)42-27-26-36-14-7-8-17-38(36)32-42)41-19-13-18-39(33-41)40-28-30-47-48-31-29-44(35-52(48)60-51(47)34-40)56(43-20-5-2-6-21-43)49-24-11-9-22-45(49)46-23-10-12-25-50(46)56;1-4-16-36(17-5-1)53-57-54(37-18-6-2-7-19-37)59-55(58-53)46-26-14-20-38-34-39(30-32-42(38)46)43-25-15-29-51-52(43)47-35-41(31-33-50(47)60-51)56(40-21-8-3-9-22-40)48-27-12-10-23-44(48)45-24-11-13-28-49(45)56/h2*1-35H. The lowest BCUT2D eigenvalue weighted by Gasteiger charge is -2.34. The van der Waals surface area contributed by atoms with Gasteiger partial charge in [0.25, 0.3) is 0 Å². The van der Waals surface area contributed by atoms with E-state index in [4.69, 9.17) is 34.3 Å². The number of fused-ring (bicyclic) bond motifs is 14. The Balaban J connectivity index is 0.000000140. The molecule has 0 unspecified atom stereocenters. The highest BCUT2D eigenvalue weighted by atomic mass is 32.1. The second kappa shape index (κ2) is 28.8. The van der Waals surface area contributed by atoms with Crippen LogP contribution in [0.4, 0.5) is 0 Å². The van der Waals surface area contributed by atoms with Crippen LogP contribution in [-0.2, 0) is 10.8 Å². The van der Waals surface area contributed by atoms with E-state index in [1.54, 1.807) is 0 Å². The average molecular weight is 1550 g/mol. The van der Waals surface area contributed by atoms with Gasteiger partial charge >= 0.3 is 0 Å². The molecule has 0 fully saturated rings. The highest BCUT2D eigenvalue weighted by molar-refractivity contribution is 7.26. The van der Waals surface area contributed by atoms with Crippen LogP contribution in [0.1, 0.15) is 44.5 Å². The van der Waals surface area contributed by atoms with Crippen LogP contribution in [0, 0.1) is 0 Å². The van der Waals surface area contributed by atoms with Gasteiger partial charge in [-0.1, -0.05) is 370 Å². The molecule has 24 rings (SSSR count). The van der Waals surface area contributed by atoms with E-state index in [1.165, 1.54) is 103 Å². The molecule has 2 aliphatic rings. The van der Waals surface area contributed by atoms with Gasteiger partial charge in [0.1, 0.15) is 11.2 Å². The maximum absolute atomic E-state index is 6.81. The van der Waals surface area contributed by atoms with Crippen molar-refractivity contribution >= 4 is 75.0 Å². The molecule has 0 N–H and O–H groups in total. The molecule has 18 aromatic carbocycles. The molecule has 0 aliphatic heterocycles. The molecule has 0 saturated heterocycles. The molecule has 8 heteroatoms. The molecule has 0 bridgehead atoms. The summed E-state index contributed by atoms with van der Waals surface area (Å²) in [4.78, 5) is 30.2. The number of aromatic nitrogens is 6. The third-order valence-corrected chi connectivity index (χ3v) is 25.5. The number of hydrogen-bond acceptors (Lipinski definition) is 8. The maximum atomic E-state index is 6.81. The van der Waals surface area contributed by atoms with Crippen LogP contribution in [0.5, 0.6) is 0 Å². The third-order valence-electron chi connectivity index (χ3n) is 24.4. The summed E-state index contributed by atoms with van der Waals surface area (Å²) < 4.78 is 9.38. The van der Waals surface area contributed by atoms with Crippen molar-refractivity contribution in [2.75, 3.05) is 0 Å². The minimum atomic E-state index is -0.489. The highest BCUT2D eigenvalue weighted by Crippen LogP contribution is 2.59. The van der Waals surface area contributed by atoms with Gasteiger partial charge in [0.15, 0.2) is 34.9 Å². The molecule has 2 aliphatic carbocycles. The number of nitrogens with zero attached hydrogens (tertiary/aromatic N) is 6. The molecule has 7 nitrogen and oxygen atoms in total. The van der Waals surface area contributed by atoms with Crippen LogP contribution in [0.3, 0.4) is 0 Å². The normalized spacial score (nSPS) is 12.8. The summed E-state index contributed by atoms with van der Waals surface area (Å²) in [6.07, 6.45) is 0. The number of furan rings is 1. The lowest BCUT2D eigenvalue weighted by molar-refractivity contribution is 0.666. The van der Waals surface area contributed by atoms with Crippen LogP contribution in [-0.4, -0.2) is 29.9 Å². The van der Waals surface area contributed by atoms with E-state index in [0.29, 0.717) is 34.9 Å². The number of benzene rings is 18. The zero-order valence-electron chi connectivity index (χ0n) is 64.9. The van der Waals surface area contributed by atoms with Gasteiger partial charge in [0.05, 0.1) is 10.8 Å². The van der Waals surface area contributed by atoms with Gasteiger partial charge in [0, 0.05) is 64.3 Å². The highest BCUT2D eigenvalue weighted by Gasteiger charge is 2.48. The van der Waals surface area contributed by atoms with Crippen LogP contribution in [0.25, 0.3) is 176 Å². The molecule has 0 spiro atoms. The molecular formula is C112H70N6OS. The summed E-state index contributed by atoms with van der Waals surface area (Å²) in [7, 11) is 0. The first-order chi connectivity index (χ1) is 59.4. The first-order valence-corrected chi connectivity index (χ1v) is 41.5. The predicted octanol–water partition coefficient (Wildman–Crippen LogP) is 28.4. The molecule has 0 amide bonds. The van der Waals surface area contributed by atoms with E-state index < -0.39 is 10.8 Å². The Morgan fingerprint density at radius 3 is 1.14 bits per heavy atom. The zero-order chi connectivity index (χ0) is 79.2. The molecule has 0 radical (unpaired) electrons. The first kappa shape index (κ1) is 70.0. The molecule has 560 valence electrons. The summed E-state index contributed by atoms with van der Waals surface area (Å²) >= 11 is 1.87. The second-order valence-electron chi connectivity index (χ2n) is 31.0. The number of hydrogen-bond donors (Lipinski definition) is 0. The second-order valence-corrected chi connectivity index (χ2v) is 32.1. The maximum Gasteiger partial charge on any atom is 0.164 e. The lowest BCUT2D eigenvalue weighted by Crippen LogP contribution is -2.28. The third kappa shape index (κ3) is 11.5. The monoisotopic (exact) mass is 1550 g/mol. The summed E-state index contributed by atoms with van der Waals surface area (Å²) in [5, 5.41) is 9.29. The Kier molecular flexibility index (Phi) is 16.8. The van der Waals surface area contributed by atoms with E-state index in [-0.39, 0.29) is 0 Å². The van der Waals surface area contributed by atoms with Crippen molar-refractivity contribution in [3.63, 3.8) is 0 Å². The molecular weight excluding hydrogens is 1480 g/mol. The Morgan fingerprint density at radius 1 is 0.192 bits per heavy atom. The minimum Gasteiger partial charge on any atom is -0.456 e. The summed E-state index contributed by atoms with van der Waals surface area (Å²) in [6.45, 7) is 0. The fourth-order valence-electron chi connectivity index (χ4n) is 19.0. The van der Waals surface area contributed by atoms with E-state index in [1.807, 2.05) is 102 Å². The SMILES string of the molecule is c1ccc(-c2nc(-c3cccc(-c4ccc5c(c4)oc4cc(C6(c7ccccc7)c7ccccc7-c7ccccc76)ccc45)c3)nc(-c3ccc4ccccc4c3)n2)cc1.c1ccc(-c2nc(-c3ccccc3)nc(-c3cccc4cc(-c5cccc6sc7ccc(C8(c9ccccc9)c9ccccc9-c9ccccc98)cc7c56)ccc34)n2)cc1. The smallest absolute Gasteiger partial charge is 0.164 e. The largest absolute Gasteiger partial charge is 0.456 e.